The Hall–Kier alpha value is -3.34. The van der Waals surface area contributed by atoms with Gasteiger partial charge in [-0.25, -0.2) is 0 Å². The van der Waals surface area contributed by atoms with E-state index in [1.807, 2.05) is 23.5 Å². The topological polar surface area (TPSA) is 120 Å². The van der Waals surface area contributed by atoms with Crippen LogP contribution in [0.2, 0.25) is 0 Å². The lowest BCUT2D eigenvalue weighted by molar-refractivity contribution is -0.126. The molecule has 0 radical (unpaired) electrons. The maximum atomic E-state index is 11.9. The molecule has 45 heavy (non-hydrogen) atoms. The van der Waals surface area contributed by atoms with E-state index in [1.165, 1.54) is 52.0 Å². The van der Waals surface area contributed by atoms with Crippen molar-refractivity contribution in [3.05, 3.63) is 83.9 Å². The smallest absolute Gasteiger partial charge is 0.237 e. The summed E-state index contributed by atoms with van der Waals surface area (Å²) in [7, 11) is 0. The zero-order valence-electron chi connectivity index (χ0n) is 25.2. The van der Waals surface area contributed by atoms with E-state index in [2.05, 4.69) is 70.9 Å². The van der Waals surface area contributed by atoms with Crippen LogP contribution in [0, 0.1) is 0 Å². The first-order chi connectivity index (χ1) is 21.0. The van der Waals surface area contributed by atoms with Crippen molar-refractivity contribution in [2.75, 3.05) is 39.4 Å². The predicted molar refractivity (Wildman–Crippen MR) is 187 cm³/mol. The van der Waals surface area contributed by atoms with E-state index in [4.69, 9.17) is 20.9 Å². The zero-order chi connectivity index (χ0) is 30.0. The average Bonchev–Trinajstić information content (AvgIpc) is 3.66. The van der Waals surface area contributed by atoms with Gasteiger partial charge in [0, 0.05) is 22.7 Å². The normalized spacial score (nSPS) is 13.4. The fourth-order valence-electron chi connectivity index (χ4n) is 5.33. The summed E-state index contributed by atoms with van der Waals surface area (Å²) < 4.78 is 13.2. The van der Waals surface area contributed by atoms with Crippen molar-refractivity contribution in [3.8, 4) is 21.9 Å². The molecule has 0 spiro atoms. The lowest BCUT2D eigenvalue weighted by Gasteiger charge is -2.15. The molecule has 2 heterocycles. The Balaban J connectivity index is 0.00000276. The van der Waals surface area contributed by atoms with Crippen molar-refractivity contribution < 1.29 is 19.1 Å². The van der Waals surface area contributed by atoms with Gasteiger partial charge in [-0.05, 0) is 103 Å². The summed E-state index contributed by atoms with van der Waals surface area (Å²) in [4.78, 5) is 26.5. The van der Waals surface area contributed by atoms with Crippen LogP contribution in [0.25, 0.3) is 20.5 Å². The number of halogens is 2. The number of nitrogens with one attached hydrogen (secondary N) is 1. The molecule has 0 saturated carbocycles. The molecule has 1 fully saturated rings. The number of nitrogens with zero attached hydrogens (tertiary/aromatic N) is 1. The number of carbonyl (C=O) groups is 2. The number of primary amides is 1. The van der Waals surface area contributed by atoms with Gasteiger partial charge in [-0.15, -0.1) is 36.2 Å². The monoisotopic (exact) mass is 672 g/mol. The Morgan fingerprint density at radius 2 is 1.53 bits per heavy atom. The molecule has 5 N–H and O–H groups in total. The SMILES string of the molecule is Cl.Cl.NC(=O)C[C@H](N)C(=O)NCCCOc1ccc(-c2sc3ccccc3c2Cc2ccc(OCCN3CCCC3)cc2)cc1. The molecule has 1 atom stereocenters. The molecule has 0 bridgehead atoms. The molecule has 5 rings (SSSR count). The molecular weight excluding hydrogens is 631 g/mol. The number of benzene rings is 3. The van der Waals surface area contributed by atoms with Crippen LogP contribution in [-0.4, -0.2) is 62.1 Å². The number of rotatable bonds is 15. The van der Waals surface area contributed by atoms with Crippen LogP contribution >= 0.6 is 36.2 Å². The number of amides is 2. The first-order valence-electron chi connectivity index (χ1n) is 15.0. The van der Waals surface area contributed by atoms with Crippen LogP contribution < -0.4 is 26.3 Å². The third-order valence-electron chi connectivity index (χ3n) is 7.64. The second kappa shape index (κ2) is 18.0. The molecule has 3 aromatic carbocycles. The first kappa shape index (κ1) is 36.1. The van der Waals surface area contributed by atoms with Gasteiger partial charge in [0.25, 0.3) is 0 Å². The molecule has 1 aromatic heterocycles. The van der Waals surface area contributed by atoms with Crippen molar-refractivity contribution in [2.24, 2.45) is 11.5 Å². The number of nitrogens with two attached hydrogens (primary N) is 2. The number of hydrogen-bond acceptors (Lipinski definition) is 7. The van der Waals surface area contributed by atoms with Crippen LogP contribution in [0.4, 0.5) is 0 Å². The Morgan fingerprint density at radius 1 is 0.889 bits per heavy atom. The number of carbonyl (C=O) groups excluding carboxylic acids is 2. The minimum Gasteiger partial charge on any atom is -0.494 e. The summed E-state index contributed by atoms with van der Waals surface area (Å²) >= 11 is 1.81. The first-order valence-corrected chi connectivity index (χ1v) is 15.8. The van der Waals surface area contributed by atoms with Gasteiger partial charge in [-0.2, -0.15) is 0 Å². The van der Waals surface area contributed by atoms with Gasteiger partial charge < -0.3 is 26.3 Å². The molecule has 2 amide bonds. The standard InChI is InChI=1S/C34H40N4O4S.2ClH/c35-30(23-32(36)39)34(40)37-16-5-20-41-27-14-10-25(11-15-27)33-29(28-6-1-2-7-31(28)43-33)22-24-8-12-26(13-9-24)42-21-19-38-17-3-4-18-38;;/h1-2,6-15,30H,3-5,16-23,35H2,(H2,36,39)(H,37,40);2*1H/t30-;;/m0../s1. The van der Waals surface area contributed by atoms with Gasteiger partial charge in [0.15, 0.2) is 0 Å². The average molecular weight is 674 g/mol. The maximum absolute atomic E-state index is 11.9. The molecule has 8 nitrogen and oxygen atoms in total. The summed E-state index contributed by atoms with van der Waals surface area (Å²) in [6, 6.07) is 24.3. The van der Waals surface area contributed by atoms with Crippen molar-refractivity contribution >= 4 is 58.1 Å². The summed E-state index contributed by atoms with van der Waals surface area (Å²) in [6.07, 6.45) is 3.87. The molecule has 1 saturated heterocycles. The van der Waals surface area contributed by atoms with E-state index in [9.17, 15) is 9.59 Å². The maximum Gasteiger partial charge on any atom is 0.237 e. The molecule has 1 aliphatic rings. The number of likely N-dealkylation sites (tertiary alicyclic amines) is 1. The fraction of sp³-hybridized carbons (Fsp3) is 0.353. The summed E-state index contributed by atoms with van der Waals surface area (Å²) in [5.74, 6) is 0.700. The van der Waals surface area contributed by atoms with Gasteiger partial charge in [-0.1, -0.05) is 30.3 Å². The highest BCUT2D eigenvalue weighted by Gasteiger charge is 2.16. The molecule has 11 heteroatoms. The third-order valence-corrected chi connectivity index (χ3v) is 8.90. The summed E-state index contributed by atoms with van der Waals surface area (Å²) in [5.41, 5.74) is 14.5. The van der Waals surface area contributed by atoms with Gasteiger partial charge in [0.05, 0.1) is 19.1 Å². The highest BCUT2D eigenvalue weighted by molar-refractivity contribution is 7.22. The van der Waals surface area contributed by atoms with Crippen molar-refractivity contribution in [1.82, 2.24) is 10.2 Å². The van der Waals surface area contributed by atoms with Gasteiger partial charge in [0.1, 0.15) is 18.1 Å². The molecule has 0 unspecified atom stereocenters. The minimum absolute atomic E-state index is 0. The molecule has 1 aliphatic heterocycles. The number of fused-ring (bicyclic) bond motifs is 1. The van der Waals surface area contributed by atoms with Crippen LogP contribution in [0.5, 0.6) is 11.5 Å². The van der Waals surface area contributed by atoms with Crippen molar-refractivity contribution in [2.45, 2.75) is 38.1 Å². The number of ether oxygens (including phenoxy) is 2. The van der Waals surface area contributed by atoms with Crippen LogP contribution in [0.3, 0.4) is 0 Å². The number of hydrogen-bond donors (Lipinski definition) is 3. The Labute approximate surface area is 281 Å². The summed E-state index contributed by atoms with van der Waals surface area (Å²) in [6.45, 7) is 4.93. The van der Waals surface area contributed by atoms with E-state index in [1.54, 1.807) is 0 Å². The lowest BCUT2D eigenvalue weighted by atomic mass is 9.99. The van der Waals surface area contributed by atoms with E-state index in [0.29, 0.717) is 19.6 Å². The second-order valence-electron chi connectivity index (χ2n) is 10.9. The molecule has 0 aliphatic carbocycles. The minimum atomic E-state index is -0.923. The number of thiophene rings is 1. The zero-order valence-corrected chi connectivity index (χ0v) is 27.7. The lowest BCUT2D eigenvalue weighted by Crippen LogP contribution is -2.43. The van der Waals surface area contributed by atoms with Crippen LogP contribution in [-0.2, 0) is 16.0 Å². The highest BCUT2D eigenvalue weighted by Crippen LogP contribution is 2.40. The molecule has 242 valence electrons. The predicted octanol–water partition coefficient (Wildman–Crippen LogP) is 5.57. The van der Waals surface area contributed by atoms with E-state index in [-0.39, 0.29) is 37.1 Å². The molecule has 4 aromatic rings. The van der Waals surface area contributed by atoms with Crippen LogP contribution in [0.15, 0.2) is 72.8 Å². The fourth-order valence-corrected chi connectivity index (χ4v) is 6.56. The Bertz CT molecular complexity index is 1510. The van der Waals surface area contributed by atoms with Crippen molar-refractivity contribution in [3.63, 3.8) is 0 Å². The largest absolute Gasteiger partial charge is 0.494 e. The molecular formula is C34H42Cl2N4O4S. The second-order valence-corrected chi connectivity index (χ2v) is 12.0. The van der Waals surface area contributed by atoms with Gasteiger partial charge in [0.2, 0.25) is 11.8 Å². The van der Waals surface area contributed by atoms with Crippen LogP contribution in [0.1, 0.15) is 36.8 Å². The van der Waals surface area contributed by atoms with E-state index in [0.717, 1.165) is 36.6 Å². The summed E-state index contributed by atoms with van der Waals surface area (Å²) in [5, 5.41) is 3.99. The van der Waals surface area contributed by atoms with Crippen molar-refractivity contribution in [1.29, 1.82) is 0 Å². The van der Waals surface area contributed by atoms with E-state index >= 15 is 0 Å². The highest BCUT2D eigenvalue weighted by atomic mass is 35.5. The third kappa shape index (κ3) is 10.3. The van der Waals surface area contributed by atoms with Gasteiger partial charge in [-0.3, -0.25) is 14.5 Å². The Morgan fingerprint density at radius 3 is 2.22 bits per heavy atom. The van der Waals surface area contributed by atoms with E-state index < -0.39 is 11.9 Å². The van der Waals surface area contributed by atoms with Gasteiger partial charge >= 0.3 is 0 Å². The Kier molecular flexibility index (Phi) is 14.4. The quantitative estimate of drug-likeness (QED) is 0.142.